The summed E-state index contributed by atoms with van der Waals surface area (Å²) in [5, 5.41) is 12.3. The molecule has 0 bridgehead atoms. The molecule has 5 nitrogen and oxygen atoms in total. The van der Waals surface area contributed by atoms with Crippen LogP contribution in [-0.2, 0) is 4.79 Å². The van der Waals surface area contributed by atoms with Gasteiger partial charge in [0, 0.05) is 5.56 Å². The summed E-state index contributed by atoms with van der Waals surface area (Å²) in [7, 11) is 0. The van der Waals surface area contributed by atoms with Gasteiger partial charge in [-0.2, -0.15) is 0 Å². The number of benzene rings is 1. The minimum atomic E-state index is -1.20. The van der Waals surface area contributed by atoms with Gasteiger partial charge in [0.05, 0.1) is 15.7 Å². The Hall–Kier alpha value is -1.95. The van der Waals surface area contributed by atoms with Gasteiger partial charge in [-0.1, -0.05) is 26.7 Å². The maximum atomic E-state index is 12.5. The third-order valence-corrected chi connectivity index (χ3v) is 4.71. The molecule has 0 spiro atoms. The molecule has 0 aliphatic carbocycles. The van der Waals surface area contributed by atoms with Crippen molar-refractivity contribution in [1.29, 1.82) is 0 Å². The summed E-state index contributed by atoms with van der Waals surface area (Å²) in [6, 6.07) is 5.21. The van der Waals surface area contributed by atoms with E-state index < -0.39 is 11.5 Å². The first kappa shape index (κ1) is 16.4. The van der Waals surface area contributed by atoms with Crippen molar-refractivity contribution in [2.75, 3.05) is 0 Å². The van der Waals surface area contributed by atoms with Crippen molar-refractivity contribution < 1.29 is 14.7 Å². The molecule has 1 unspecified atom stereocenters. The van der Waals surface area contributed by atoms with E-state index in [1.807, 2.05) is 6.92 Å². The molecule has 2 rings (SSSR count). The van der Waals surface area contributed by atoms with Gasteiger partial charge in [0.1, 0.15) is 5.54 Å². The van der Waals surface area contributed by atoms with E-state index in [1.165, 1.54) is 11.3 Å². The maximum Gasteiger partial charge on any atom is 0.329 e. The fourth-order valence-electron chi connectivity index (χ4n) is 2.40. The number of unbranched alkanes of at least 4 members (excludes halogenated alkanes) is 1. The Morgan fingerprint density at radius 1 is 1.36 bits per heavy atom. The smallest absolute Gasteiger partial charge is 0.329 e. The number of amides is 1. The molecular weight excluding hydrogens is 300 g/mol. The molecule has 0 aliphatic rings. The van der Waals surface area contributed by atoms with Crippen molar-refractivity contribution in [3.63, 3.8) is 0 Å². The van der Waals surface area contributed by atoms with Crippen LogP contribution in [0.15, 0.2) is 23.7 Å². The quantitative estimate of drug-likeness (QED) is 0.819. The first-order chi connectivity index (χ1) is 10.5. The second-order valence-electron chi connectivity index (χ2n) is 5.33. The lowest BCUT2D eigenvalue weighted by Crippen LogP contribution is -2.54. The van der Waals surface area contributed by atoms with E-state index in [9.17, 15) is 14.7 Å². The van der Waals surface area contributed by atoms with Crippen molar-refractivity contribution in [3.8, 4) is 0 Å². The Balaban J connectivity index is 2.24. The normalized spacial score (nSPS) is 13.7. The molecule has 6 heteroatoms. The van der Waals surface area contributed by atoms with Crippen molar-refractivity contribution >= 4 is 33.4 Å². The topological polar surface area (TPSA) is 79.3 Å². The number of carbonyl (C=O) groups is 2. The first-order valence-corrected chi connectivity index (χ1v) is 8.29. The highest BCUT2D eigenvalue weighted by Crippen LogP contribution is 2.22. The predicted octanol–water partition coefficient (Wildman–Crippen LogP) is 3.45. The number of aliphatic carboxylic acids is 1. The molecule has 118 valence electrons. The lowest BCUT2D eigenvalue weighted by atomic mass is 9.89. The van der Waals surface area contributed by atoms with Gasteiger partial charge >= 0.3 is 5.97 Å². The minimum absolute atomic E-state index is 0.351. The molecular formula is C16H20N2O3S. The number of nitrogens with one attached hydrogen (secondary N) is 1. The number of aromatic nitrogens is 1. The van der Waals surface area contributed by atoms with E-state index in [2.05, 4.69) is 10.3 Å². The van der Waals surface area contributed by atoms with Crippen LogP contribution in [0, 0.1) is 0 Å². The zero-order valence-electron chi connectivity index (χ0n) is 12.8. The van der Waals surface area contributed by atoms with Crippen LogP contribution in [0.1, 0.15) is 49.9 Å². The highest BCUT2D eigenvalue weighted by Gasteiger charge is 2.37. The average Bonchev–Trinajstić information content (AvgIpc) is 2.98. The SMILES string of the molecule is CCCCC(CC)(NC(=O)c1ccc2ncsc2c1)C(=O)O. The monoisotopic (exact) mass is 320 g/mol. The van der Waals surface area contributed by atoms with Crippen LogP contribution < -0.4 is 5.32 Å². The molecule has 0 radical (unpaired) electrons. The summed E-state index contributed by atoms with van der Waals surface area (Å²) >= 11 is 1.46. The van der Waals surface area contributed by atoms with Crippen LogP contribution in [0.4, 0.5) is 0 Å². The Morgan fingerprint density at radius 2 is 2.14 bits per heavy atom. The van der Waals surface area contributed by atoms with Crippen molar-refractivity contribution in [1.82, 2.24) is 10.3 Å². The lowest BCUT2D eigenvalue weighted by Gasteiger charge is -2.29. The number of carbonyl (C=O) groups excluding carboxylic acids is 1. The minimum Gasteiger partial charge on any atom is -0.480 e. The third kappa shape index (κ3) is 3.27. The Labute approximate surface area is 133 Å². The zero-order chi connectivity index (χ0) is 16.2. The van der Waals surface area contributed by atoms with Crippen molar-refractivity contribution in [2.45, 2.75) is 45.1 Å². The molecule has 0 fully saturated rings. The second kappa shape index (κ2) is 6.87. The number of carboxylic acids is 1. The number of hydrogen-bond acceptors (Lipinski definition) is 4. The molecule has 1 aromatic heterocycles. The van der Waals surface area contributed by atoms with Crippen LogP contribution >= 0.6 is 11.3 Å². The van der Waals surface area contributed by atoms with E-state index in [0.717, 1.165) is 23.1 Å². The molecule has 1 aromatic carbocycles. The van der Waals surface area contributed by atoms with Gasteiger partial charge in [-0.15, -0.1) is 11.3 Å². The van der Waals surface area contributed by atoms with Crippen LogP contribution in [0.3, 0.4) is 0 Å². The van der Waals surface area contributed by atoms with Crippen LogP contribution in [0.25, 0.3) is 10.2 Å². The summed E-state index contributed by atoms with van der Waals surface area (Å²) in [6.45, 7) is 3.79. The number of fused-ring (bicyclic) bond motifs is 1. The third-order valence-electron chi connectivity index (χ3n) is 3.92. The first-order valence-electron chi connectivity index (χ1n) is 7.41. The maximum absolute atomic E-state index is 12.5. The van der Waals surface area contributed by atoms with Crippen molar-refractivity contribution in [2.24, 2.45) is 0 Å². The summed E-state index contributed by atoms with van der Waals surface area (Å²) in [5.41, 5.74) is 1.83. The van der Waals surface area contributed by atoms with Crippen LogP contribution in [0.2, 0.25) is 0 Å². The molecule has 0 aliphatic heterocycles. The van der Waals surface area contributed by atoms with Crippen LogP contribution in [0.5, 0.6) is 0 Å². The Bertz CT molecular complexity index is 683. The fraction of sp³-hybridized carbons (Fsp3) is 0.438. The fourth-order valence-corrected chi connectivity index (χ4v) is 3.12. The van der Waals surface area contributed by atoms with Gasteiger partial charge in [-0.05, 0) is 31.0 Å². The number of hydrogen-bond donors (Lipinski definition) is 2. The molecule has 0 saturated heterocycles. The number of carboxylic acid groups (broad SMARTS) is 1. The predicted molar refractivity (Wildman–Crippen MR) is 87.3 cm³/mol. The highest BCUT2D eigenvalue weighted by atomic mass is 32.1. The Morgan fingerprint density at radius 3 is 2.77 bits per heavy atom. The number of nitrogens with zero attached hydrogens (tertiary/aromatic N) is 1. The second-order valence-corrected chi connectivity index (χ2v) is 6.22. The van der Waals surface area contributed by atoms with E-state index in [0.29, 0.717) is 18.4 Å². The summed E-state index contributed by atoms with van der Waals surface area (Å²) < 4.78 is 0.915. The van der Waals surface area contributed by atoms with E-state index in [1.54, 1.807) is 30.6 Å². The standard InChI is InChI=1S/C16H20N2O3S/c1-3-5-8-16(4-2,15(20)21)18-14(19)11-6-7-12-13(9-11)22-10-17-12/h6-7,9-10H,3-5,8H2,1-2H3,(H,18,19)(H,20,21). The van der Waals surface area contributed by atoms with Gasteiger partial charge in [-0.3, -0.25) is 4.79 Å². The van der Waals surface area contributed by atoms with Gasteiger partial charge < -0.3 is 10.4 Å². The van der Waals surface area contributed by atoms with E-state index >= 15 is 0 Å². The van der Waals surface area contributed by atoms with Gasteiger partial charge in [0.25, 0.3) is 5.91 Å². The molecule has 0 saturated carbocycles. The van der Waals surface area contributed by atoms with Crippen LogP contribution in [-0.4, -0.2) is 27.5 Å². The Kier molecular flexibility index (Phi) is 5.13. The molecule has 2 N–H and O–H groups in total. The van der Waals surface area contributed by atoms with Crippen molar-refractivity contribution in [3.05, 3.63) is 29.3 Å². The average molecular weight is 320 g/mol. The molecule has 1 heterocycles. The van der Waals surface area contributed by atoms with E-state index in [-0.39, 0.29) is 5.91 Å². The summed E-state index contributed by atoms with van der Waals surface area (Å²) in [4.78, 5) is 28.3. The summed E-state index contributed by atoms with van der Waals surface area (Å²) in [5.74, 6) is -1.33. The number of rotatable bonds is 7. The zero-order valence-corrected chi connectivity index (χ0v) is 13.6. The molecule has 2 aromatic rings. The van der Waals surface area contributed by atoms with Gasteiger partial charge in [0.15, 0.2) is 0 Å². The highest BCUT2D eigenvalue weighted by molar-refractivity contribution is 7.16. The summed E-state index contributed by atoms with van der Waals surface area (Å²) in [6.07, 6.45) is 2.44. The van der Waals surface area contributed by atoms with E-state index in [4.69, 9.17) is 0 Å². The molecule has 1 atom stereocenters. The van der Waals surface area contributed by atoms with Gasteiger partial charge in [0.2, 0.25) is 0 Å². The number of thiazole rings is 1. The molecule has 1 amide bonds. The van der Waals surface area contributed by atoms with Gasteiger partial charge in [-0.25, -0.2) is 9.78 Å². The molecule has 22 heavy (non-hydrogen) atoms. The lowest BCUT2D eigenvalue weighted by molar-refractivity contribution is -0.145. The largest absolute Gasteiger partial charge is 0.480 e.